The van der Waals surface area contributed by atoms with Gasteiger partial charge in [-0.3, -0.25) is 0 Å². The first kappa shape index (κ1) is 26.1. The number of hydrogen-bond acceptors (Lipinski definition) is 4. The first-order chi connectivity index (χ1) is 17.8. The van der Waals surface area contributed by atoms with E-state index >= 15 is 4.39 Å². The Morgan fingerprint density at radius 1 is 0.946 bits per heavy atom. The summed E-state index contributed by atoms with van der Waals surface area (Å²) in [6.07, 6.45) is 9.85. The van der Waals surface area contributed by atoms with E-state index in [9.17, 15) is 13.2 Å². The smallest absolute Gasteiger partial charge is 0.251 e. The lowest BCUT2D eigenvalue weighted by molar-refractivity contribution is 0.156. The lowest BCUT2D eigenvalue weighted by Crippen LogP contribution is -2.24. The quantitative estimate of drug-likeness (QED) is 0.297. The predicted octanol–water partition coefficient (Wildman–Crippen LogP) is 6.84. The Bertz CT molecular complexity index is 1400. The normalized spacial score (nSPS) is 16.5. The molecule has 0 bridgehead atoms. The summed E-state index contributed by atoms with van der Waals surface area (Å²) >= 11 is 0. The number of ether oxygens (including phenoxy) is 2. The van der Waals surface area contributed by atoms with E-state index in [1.807, 2.05) is 24.3 Å². The predicted molar refractivity (Wildman–Crippen MR) is 131 cm³/mol. The Morgan fingerprint density at radius 2 is 1.73 bits per heavy atom. The number of benzene rings is 2. The molecule has 3 aromatic rings. The molecule has 0 amide bonds. The van der Waals surface area contributed by atoms with Gasteiger partial charge in [0, 0.05) is 30.9 Å². The minimum Gasteiger partial charge on any atom is -0.471 e. The molecule has 8 heteroatoms. The average molecular weight is 509 g/mol. The summed E-state index contributed by atoms with van der Waals surface area (Å²) in [4.78, 5) is 3.91. The summed E-state index contributed by atoms with van der Waals surface area (Å²) in [5.41, 5.74) is 0.162. The zero-order valence-electron chi connectivity index (χ0n) is 20.1. The van der Waals surface area contributed by atoms with Crippen LogP contribution >= 0.6 is 0 Å². The van der Waals surface area contributed by atoms with Gasteiger partial charge in [-0.15, -0.1) is 0 Å². The first-order valence-electron chi connectivity index (χ1n) is 11.6. The summed E-state index contributed by atoms with van der Waals surface area (Å²) < 4.78 is 68.8. The molecule has 0 saturated carbocycles. The zero-order chi connectivity index (χ0) is 26.4. The van der Waals surface area contributed by atoms with E-state index in [0.29, 0.717) is 31.1 Å². The van der Waals surface area contributed by atoms with Crippen LogP contribution in [-0.4, -0.2) is 18.7 Å². The van der Waals surface area contributed by atoms with Crippen LogP contribution in [0.2, 0.25) is 0 Å². The van der Waals surface area contributed by atoms with Gasteiger partial charge in [0.05, 0.1) is 11.6 Å². The van der Waals surface area contributed by atoms with Gasteiger partial charge >= 0.3 is 0 Å². The molecule has 0 N–H and O–H groups in total. The van der Waals surface area contributed by atoms with Crippen molar-refractivity contribution in [3.05, 3.63) is 107 Å². The van der Waals surface area contributed by atoms with Crippen molar-refractivity contribution in [3.8, 4) is 23.2 Å². The number of pyridine rings is 1. The molecule has 190 valence electrons. The Labute approximate surface area is 212 Å². The molecule has 1 aliphatic carbocycles. The lowest BCUT2D eigenvalue weighted by atomic mass is 9.74. The van der Waals surface area contributed by atoms with Gasteiger partial charge in [0.1, 0.15) is 23.9 Å². The fourth-order valence-corrected chi connectivity index (χ4v) is 4.27. The minimum atomic E-state index is -1.08. The molecule has 1 unspecified atom stereocenters. The Morgan fingerprint density at radius 3 is 2.41 bits per heavy atom. The van der Waals surface area contributed by atoms with Crippen LogP contribution in [0.1, 0.15) is 29.5 Å². The van der Waals surface area contributed by atoms with Crippen LogP contribution in [0, 0.1) is 40.0 Å². The number of aromatic nitrogens is 1. The number of halogens is 4. The monoisotopic (exact) mass is 508 g/mol. The SMILES string of the molecule is COCCC1(Cc2ccc(-c3nc(OCc4ccc(C#N)cc4F)c(F)cc3F)cc2F)C=CC=CC1. The van der Waals surface area contributed by atoms with Crippen LogP contribution in [0.5, 0.6) is 5.88 Å². The third-order valence-corrected chi connectivity index (χ3v) is 6.34. The van der Waals surface area contributed by atoms with Crippen molar-refractivity contribution in [2.45, 2.75) is 25.9 Å². The van der Waals surface area contributed by atoms with Crippen molar-refractivity contribution in [3.63, 3.8) is 0 Å². The van der Waals surface area contributed by atoms with Crippen molar-refractivity contribution in [2.24, 2.45) is 5.41 Å². The lowest BCUT2D eigenvalue weighted by Gasteiger charge is -2.31. The van der Waals surface area contributed by atoms with E-state index < -0.39 is 35.8 Å². The molecule has 2 aromatic carbocycles. The highest BCUT2D eigenvalue weighted by Gasteiger charge is 2.28. The third-order valence-electron chi connectivity index (χ3n) is 6.34. The molecule has 0 radical (unpaired) electrons. The molecular formula is C29H24F4N2O2. The van der Waals surface area contributed by atoms with Crippen molar-refractivity contribution < 1.29 is 27.0 Å². The molecule has 4 rings (SSSR count). The maximum atomic E-state index is 15.2. The van der Waals surface area contributed by atoms with E-state index in [2.05, 4.69) is 11.1 Å². The number of nitriles is 1. The molecule has 1 aliphatic rings. The van der Waals surface area contributed by atoms with Gasteiger partial charge in [0.25, 0.3) is 5.88 Å². The molecule has 4 nitrogen and oxygen atoms in total. The number of methoxy groups -OCH3 is 1. The molecule has 1 heterocycles. The van der Waals surface area contributed by atoms with E-state index in [-0.39, 0.29) is 27.8 Å². The van der Waals surface area contributed by atoms with Crippen LogP contribution in [0.4, 0.5) is 17.6 Å². The Kier molecular flexibility index (Phi) is 8.04. The maximum Gasteiger partial charge on any atom is 0.251 e. The highest BCUT2D eigenvalue weighted by molar-refractivity contribution is 5.61. The standard InChI is InChI=1S/C29H24F4N2O2/c1-36-12-11-29(9-3-2-4-10-29)16-21-8-7-20(14-24(21)31)27-25(32)15-26(33)28(35-27)37-18-22-6-5-19(17-34)13-23(22)30/h2-9,13-15H,10-12,16,18H2,1H3. The van der Waals surface area contributed by atoms with Crippen molar-refractivity contribution in [2.75, 3.05) is 13.7 Å². The third kappa shape index (κ3) is 6.07. The van der Waals surface area contributed by atoms with Gasteiger partial charge in [-0.25, -0.2) is 22.5 Å². The fraction of sp³-hybridized carbons (Fsp3) is 0.241. The van der Waals surface area contributed by atoms with Crippen LogP contribution in [0.15, 0.2) is 66.8 Å². The molecule has 1 atom stereocenters. The van der Waals surface area contributed by atoms with Crippen LogP contribution in [0.25, 0.3) is 11.3 Å². The van der Waals surface area contributed by atoms with Crippen LogP contribution in [0.3, 0.4) is 0 Å². The summed E-state index contributed by atoms with van der Waals surface area (Å²) in [6, 6.07) is 10.4. The van der Waals surface area contributed by atoms with Crippen molar-refractivity contribution in [1.82, 2.24) is 4.98 Å². The molecule has 0 fully saturated rings. The molecular weight excluding hydrogens is 484 g/mol. The number of rotatable bonds is 9. The van der Waals surface area contributed by atoms with Crippen LogP contribution in [-0.2, 0) is 17.8 Å². The molecule has 0 spiro atoms. The number of nitrogens with zero attached hydrogens (tertiary/aromatic N) is 2. The molecule has 37 heavy (non-hydrogen) atoms. The summed E-state index contributed by atoms with van der Waals surface area (Å²) in [7, 11) is 1.62. The second-order valence-electron chi connectivity index (χ2n) is 8.89. The van der Waals surface area contributed by atoms with Crippen LogP contribution < -0.4 is 4.74 Å². The minimum absolute atomic E-state index is 0.0653. The summed E-state index contributed by atoms with van der Waals surface area (Å²) in [5, 5.41) is 8.85. The van der Waals surface area contributed by atoms with E-state index in [1.54, 1.807) is 13.2 Å². The Hall–Kier alpha value is -3.96. The second-order valence-corrected chi connectivity index (χ2v) is 8.89. The second kappa shape index (κ2) is 11.4. The van der Waals surface area contributed by atoms with Crippen molar-refractivity contribution >= 4 is 0 Å². The topological polar surface area (TPSA) is 55.1 Å². The molecule has 1 aromatic heterocycles. The Balaban J connectivity index is 1.56. The van der Waals surface area contributed by atoms with Crippen molar-refractivity contribution in [1.29, 1.82) is 5.26 Å². The van der Waals surface area contributed by atoms with Gasteiger partial charge in [0.2, 0.25) is 0 Å². The van der Waals surface area contributed by atoms with Gasteiger partial charge in [-0.05, 0) is 48.4 Å². The number of allylic oxidation sites excluding steroid dienone is 4. The molecule has 0 aliphatic heterocycles. The van der Waals surface area contributed by atoms with Gasteiger partial charge in [-0.1, -0.05) is 42.5 Å². The van der Waals surface area contributed by atoms with E-state index in [0.717, 1.165) is 18.6 Å². The molecule has 0 saturated heterocycles. The van der Waals surface area contributed by atoms with Gasteiger partial charge < -0.3 is 9.47 Å². The maximum absolute atomic E-state index is 15.2. The summed E-state index contributed by atoms with van der Waals surface area (Å²) in [5.74, 6) is -3.86. The number of hydrogen-bond donors (Lipinski definition) is 0. The van der Waals surface area contributed by atoms with E-state index in [4.69, 9.17) is 14.7 Å². The largest absolute Gasteiger partial charge is 0.471 e. The zero-order valence-corrected chi connectivity index (χ0v) is 20.1. The van der Waals surface area contributed by atoms with Gasteiger partial charge in [0.15, 0.2) is 11.6 Å². The fourth-order valence-electron chi connectivity index (χ4n) is 4.27. The highest BCUT2D eigenvalue weighted by atomic mass is 19.1. The van der Waals surface area contributed by atoms with Gasteiger partial charge in [-0.2, -0.15) is 5.26 Å². The average Bonchev–Trinajstić information content (AvgIpc) is 2.89. The highest BCUT2D eigenvalue weighted by Crippen LogP contribution is 2.37. The summed E-state index contributed by atoms with van der Waals surface area (Å²) in [6.45, 7) is 0.128. The van der Waals surface area contributed by atoms with E-state index in [1.165, 1.54) is 18.2 Å². The first-order valence-corrected chi connectivity index (χ1v) is 11.6.